The summed E-state index contributed by atoms with van der Waals surface area (Å²) in [6.07, 6.45) is 3.58. The van der Waals surface area contributed by atoms with Crippen LogP contribution in [0.2, 0.25) is 0 Å². The molecule has 6 heteroatoms. The molecule has 1 saturated heterocycles. The van der Waals surface area contributed by atoms with Crippen LogP contribution in [-0.2, 0) is 0 Å². The number of aromatic nitrogens is 1. The minimum Gasteiger partial charge on any atom is -0.369 e. The zero-order valence-electron chi connectivity index (χ0n) is 16.7. The van der Waals surface area contributed by atoms with E-state index in [1.54, 1.807) is 18.3 Å². The smallest absolute Gasteiger partial charge is 0.254 e. The third-order valence-electron chi connectivity index (χ3n) is 5.52. The Morgan fingerprint density at radius 3 is 2.40 bits per heavy atom. The van der Waals surface area contributed by atoms with Gasteiger partial charge in [-0.15, -0.1) is 0 Å². The first-order chi connectivity index (χ1) is 14.7. The molecule has 1 atom stereocenters. The summed E-state index contributed by atoms with van der Waals surface area (Å²) in [5, 5.41) is 2.92. The largest absolute Gasteiger partial charge is 0.369 e. The molecular weight excluding hydrogens is 379 g/mol. The lowest BCUT2D eigenvalue weighted by Gasteiger charge is -2.40. The quantitative estimate of drug-likeness (QED) is 0.683. The van der Waals surface area contributed by atoms with E-state index in [1.807, 2.05) is 24.4 Å². The van der Waals surface area contributed by atoms with Gasteiger partial charge >= 0.3 is 0 Å². The topological polar surface area (TPSA) is 48.5 Å². The first-order valence-corrected chi connectivity index (χ1v) is 10.2. The standard InChI is InChI=1S/C24H25FN4O/c25-22-11-5-4-10-21(22)24(30)27-18-23(19-7-6-12-26-17-19)29-15-13-28(14-16-29)20-8-2-1-3-9-20/h1-12,17,23H,13-16,18H2,(H,27,30)/t23-/m0/s1. The van der Waals surface area contributed by atoms with E-state index in [-0.39, 0.29) is 11.6 Å². The number of para-hydroxylation sites is 1. The van der Waals surface area contributed by atoms with Crippen molar-refractivity contribution in [3.05, 3.63) is 96.1 Å². The van der Waals surface area contributed by atoms with Crippen LogP contribution in [0.1, 0.15) is 22.0 Å². The zero-order chi connectivity index (χ0) is 20.8. The molecule has 2 aromatic carbocycles. The molecule has 2 heterocycles. The highest BCUT2D eigenvalue weighted by Gasteiger charge is 2.26. The Labute approximate surface area is 176 Å². The van der Waals surface area contributed by atoms with E-state index in [9.17, 15) is 9.18 Å². The molecule has 0 saturated carbocycles. The normalized spacial score (nSPS) is 15.6. The predicted octanol–water partition coefficient (Wildman–Crippen LogP) is 3.51. The fourth-order valence-corrected chi connectivity index (χ4v) is 3.89. The van der Waals surface area contributed by atoms with Crippen molar-refractivity contribution >= 4 is 11.6 Å². The Bertz CT molecular complexity index is 959. The van der Waals surface area contributed by atoms with Gasteiger partial charge in [0.15, 0.2) is 0 Å². The van der Waals surface area contributed by atoms with Crippen molar-refractivity contribution in [1.29, 1.82) is 0 Å². The monoisotopic (exact) mass is 404 g/mol. The fourth-order valence-electron chi connectivity index (χ4n) is 3.89. The van der Waals surface area contributed by atoms with Crippen molar-refractivity contribution in [3.63, 3.8) is 0 Å². The molecule has 1 fully saturated rings. The number of carbonyl (C=O) groups excluding carboxylic acids is 1. The van der Waals surface area contributed by atoms with Gasteiger partial charge in [-0.2, -0.15) is 0 Å². The van der Waals surface area contributed by atoms with Crippen LogP contribution in [0, 0.1) is 5.82 Å². The van der Waals surface area contributed by atoms with Crippen LogP contribution in [0.25, 0.3) is 0 Å². The number of hydrogen-bond donors (Lipinski definition) is 1. The Kier molecular flexibility index (Phi) is 6.35. The second-order valence-electron chi connectivity index (χ2n) is 7.35. The second-order valence-corrected chi connectivity index (χ2v) is 7.35. The molecule has 0 radical (unpaired) electrons. The van der Waals surface area contributed by atoms with Gasteiger partial charge in [-0.25, -0.2) is 4.39 Å². The first kappa shape index (κ1) is 20.0. The van der Waals surface area contributed by atoms with Gasteiger partial charge in [-0.05, 0) is 35.9 Å². The van der Waals surface area contributed by atoms with E-state index < -0.39 is 11.7 Å². The molecule has 1 aromatic heterocycles. The summed E-state index contributed by atoms with van der Waals surface area (Å²) in [6, 6.07) is 20.3. The number of hydrogen-bond acceptors (Lipinski definition) is 4. The molecule has 154 valence electrons. The third-order valence-corrected chi connectivity index (χ3v) is 5.52. The average Bonchev–Trinajstić information content (AvgIpc) is 2.81. The number of piperazine rings is 1. The molecule has 1 aliphatic rings. The van der Waals surface area contributed by atoms with Crippen molar-refractivity contribution in [2.24, 2.45) is 0 Å². The molecule has 1 aliphatic heterocycles. The Morgan fingerprint density at radius 1 is 0.967 bits per heavy atom. The number of nitrogens with one attached hydrogen (secondary N) is 1. The summed E-state index contributed by atoms with van der Waals surface area (Å²) in [7, 11) is 0. The first-order valence-electron chi connectivity index (χ1n) is 10.2. The summed E-state index contributed by atoms with van der Waals surface area (Å²) < 4.78 is 14.0. The molecule has 5 nitrogen and oxygen atoms in total. The second kappa shape index (κ2) is 9.50. The van der Waals surface area contributed by atoms with Gasteiger partial charge in [0.1, 0.15) is 5.82 Å². The van der Waals surface area contributed by atoms with Crippen molar-refractivity contribution in [3.8, 4) is 0 Å². The summed E-state index contributed by atoms with van der Waals surface area (Å²) in [5.41, 5.74) is 2.33. The van der Waals surface area contributed by atoms with Crippen LogP contribution in [-0.4, -0.2) is 48.5 Å². The van der Waals surface area contributed by atoms with Gasteiger partial charge < -0.3 is 10.2 Å². The predicted molar refractivity (Wildman–Crippen MR) is 116 cm³/mol. The maximum Gasteiger partial charge on any atom is 0.254 e. The number of pyridine rings is 1. The molecule has 1 N–H and O–H groups in total. The van der Waals surface area contributed by atoms with Gasteiger partial charge in [-0.3, -0.25) is 14.7 Å². The van der Waals surface area contributed by atoms with Gasteiger partial charge in [0, 0.05) is 50.8 Å². The Balaban J connectivity index is 1.45. The molecule has 1 amide bonds. The maximum atomic E-state index is 14.0. The third kappa shape index (κ3) is 4.66. The molecule has 0 unspecified atom stereocenters. The molecule has 0 bridgehead atoms. The number of nitrogens with zero attached hydrogens (tertiary/aromatic N) is 3. The van der Waals surface area contributed by atoms with Crippen molar-refractivity contribution in [2.45, 2.75) is 6.04 Å². The van der Waals surface area contributed by atoms with E-state index in [2.05, 4.69) is 44.4 Å². The minimum absolute atomic E-state index is 0.0210. The van der Waals surface area contributed by atoms with Gasteiger partial charge in [0.25, 0.3) is 5.91 Å². The van der Waals surface area contributed by atoms with Crippen LogP contribution in [0.4, 0.5) is 10.1 Å². The van der Waals surface area contributed by atoms with E-state index >= 15 is 0 Å². The number of carbonyl (C=O) groups is 1. The molecule has 0 spiro atoms. The number of anilines is 1. The van der Waals surface area contributed by atoms with Crippen LogP contribution < -0.4 is 10.2 Å². The number of amides is 1. The number of halogens is 1. The lowest BCUT2D eigenvalue weighted by molar-refractivity contribution is 0.0926. The summed E-state index contributed by atoms with van der Waals surface area (Å²) in [5.74, 6) is -0.908. The van der Waals surface area contributed by atoms with Crippen molar-refractivity contribution < 1.29 is 9.18 Å². The number of benzene rings is 2. The van der Waals surface area contributed by atoms with E-state index in [0.717, 1.165) is 31.7 Å². The summed E-state index contributed by atoms with van der Waals surface area (Å²) in [4.78, 5) is 21.5. The Hall–Kier alpha value is -3.25. The van der Waals surface area contributed by atoms with Crippen molar-refractivity contribution in [2.75, 3.05) is 37.6 Å². The molecular formula is C24H25FN4O. The summed E-state index contributed by atoms with van der Waals surface area (Å²) in [6.45, 7) is 3.93. The number of rotatable bonds is 6. The molecule has 4 rings (SSSR count). The summed E-state index contributed by atoms with van der Waals surface area (Å²) >= 11 is 0. The van der Waals surface area contributed by atoms with Gasteiger partial charge in [-0.1, -0.05) is 36.4 Å². The molecule has 30 heavy (non-hydrogen) atoms. The van der Waals surface area contributed by atoms with Crippen LogP contribution >= 0.6 is 0 Å². The zero-order valence-corrected chi connectivity index (χ0v) is 16.7. The van der Waals surface area contributed by atoms with Crippen LogP contribution in [0.5, 0.6) is 0 Å². The fraction of sp³-hybridized carbons (Fsp3) is 0.250. The lowest BCUT2D eigenvalue weighted by atomic mass is 10.1. The average molecular weight is 404 g/mol. The molecule has 3 aromatic rings. The maximum absolute atomic E-state index is 14.0. The Morgan fingerprint density at radius 2 is 1.70 bits per heavy atom. The van der Waals surface area contributed by atoms with E-state index in [1.165, 1.54) is 17.8 Å². The van der Waals surface area contributed by atoms with E-state index in [4.69, 9.17) is 0 Å². The minimum atomic E-state index is -0.510. The van der Waals surface area contributed by atoms with Gasteiger partial charge in [0.2, 0.25) is 0 Å². The molecule has 0 aliphatic carbocycles. The highest BCUT2D eigenvalue weighted by atomic mass is 19.1. The van der Waals surface area contributed by atoms with Gasteiger partial charge in [0.05, 0.1) is 11.6 Å². The van der Waals surface area contributed by atoms with Crippen molar-refractivity contribution in [1.82, 2.24) is 15.2 Å². The van der Waals surface area contributed by atoms with E-state index in [0.29, 0.717) is 6.54 Å². The highest BCUT2D eigenvalue weighted by molar-refractivity contribution is 5.94. The SMILES string of the molecule is O=C(NC[C@@H](c1cccnc1)N1CCN(c2ccccc2)CC1)c1ccccc1F. The van der Waals surface area contributed by atoms with Crippen LogP contribution in [0.3, 0.4) is 0 Å². The van der Waals surface area contributed by atoms with Crippen LogP contribution in [0.15, 0.2) is 79.1 Å². The highest BCUT2D eigenvalue weighted by Crippen LogP contribution is 2.23. The lowest BCUT2D eigenvalue weighted by Crippen LogP contribution is -2.50.